The minimum absolute atomic E-state index is 0.496. The zero-order chi connectivity index (χ0) is 22.8. The van der Waals surface area contributed by atoms with Gasteiger partial charge in [-0.25, -0.2) is 0 Å². The smallest absolute Gasteiger partial charge is 0.125 e. The molecule has 0 amide bonds. The van der Waals surface area contributed by atoms with E-state index >= 15 is 0 Å². The Balaban J connectivity index is 1.38. The largest absolute Gasteiger partial charge is 0.489 e. The molecule has 34 heavy (non-hydrogen) atoms. The number of hydrogen-bond donors (Lipinski definition) is 1. The van der Waals surface area contributed by atoms with Gasteiger partial charge in [0, 0.05) is 11.3 Å². The summed E-state index contributed by atoms with van der Waals surface area (Å²) in [6.45, 7) is 0.599. The van der Waals surface area contributed by atoms with Crippen molar-refractivity contribution in [2.45, 2.75) is 5.54 Å². The fourth-order valence-electron chi connectivity index (χ4n) is 4.85. The zero-order valence-electron chi connectivity index (χ0n) is 18.8. The summed E-state index contributed by atoms with van der Waals surface area (Å²) < 4.78 is 5.92. The van der Waals surface area contributed by atoms with E-state index in [1.807, 2.05) is 12.1 Å². The molecule has 1 unspecified atom stereocenters. The van der Waals surface area contributed by atoms with E-state index in [2.05, 4.69) is 127 Å². The number of ether oxygens (including phenoxy) is 1. The predicted molar refractivity (Wildman–Crippen MR) is 140 cm³/mol. The summed E-state index contributed by atoms with van der Waals surface area (Å²) in [6.07, 6.45) is 8.56. The lowest BCUT2D eigenvalue weighted by molar-refractivity contribution is 0.272. The van der Waals surface area contributed by atoms with Gasteiger partial charge < -0.3 is 10.1 Å². The van der Waals surface area contributed by atoms with Crippen LogP contribution in [0.4, 0.5) is 5.69 Å². The lowest BCUT2D eigenvalue weighted by Gasteiger charge is -2.37. The Morgan fingerprint density at radius 1 is 0.618 bits per heavy atom. The number of hydrogen-bond acceptors (Lipinski definition) is 2. The third-order valence-corrected chi connectivity index (χ3v) is 6.59. The van der Waals surface area contributed by atoms with E-state index in [9.17, 15) is 0 Å². The van der Waals surface area contributed by atoms with Crippen LogP contribution in [0.3, 0.4) is 0 Å². The highest BCUT2D eigenvalue weighted by Gasteiger charge is 2.39. The lowest BCUT2D eigenvalue weighted by Crippen LogP contribution is -2.37. The average molecular weight is 440 g/mol. The highest BCUT2D eigenvalue weighted by molar-refractivity contribution is 5.70. The second kappa shape index (κ2) is 8.57. The van der Waals surface area contributed by atoms with Crippen molar-refractivity contribution in [2.75, 3.05) is 11.9 Å². The Hall–Kier alpha value is -4.30. The summed E-state index contributed by atoms with van der Waals surface area (Å²) in [7, 11) is 0. The lowest BCUT2D eigenvalue weighted by atomic mass is 9.78. The number of fused-ring (bicyclic) bond motifs is 1. The Bertz CT molecular complexity index is 1380. The monoisotopic (exact) mass is 439 g/mol. The standard InChI is InChI=1S/C32H25NO/c1-3-8-24(9-4-1)26-13-17-28(18-14-26)32(22-7-12-31-30(32)21-23-34-31)33-29-19-15-27(16-20-29)25-10-5-2-6-11-25/h1-22,33H,23H2. The normalized spacial score (nSPS) is 18.5. The second-order valence-corrected chi connectivity index (χ2v) is 8.64. The van der Waals surface area contributed by atoms with Crippen molar-refractivity contribution in [2.24, 2.45) is 0 Å². The van der Waals surface area contributed by atoms with E-state index in [0.29, 0.717) is 6.61 Å². The summed E-state index contributed by atoms with van der Waals surface area (Å²) in [5, 5.41) is 3.84. The van der Waals surface area contributed by atoms with Crippen LogP contribution in [-0.4, -0.2) is 6.61 Å². The minimum atomic E-state index is -0.496. The third kappa shape index (κ3) is 3.64. The summed E-state index contributed by atoms with van der Waals surface area (Å²) in [6, 6.07) is 38.5. The van der Waals surface area contributed by atoms with Crippen molar-refractivity contribution in [1.29, 1.82) is 0 Å². The number of allylic oxidation sites excluding steroid dienone is 2. The molecule has 164 valence electrons. The summed E-state index contributed by atoms with van der Waals surface area (Å²) in [5.74, 6) is 0.933. The van der Waals surface area contributed by atoms with Crippen molar-refractivity contribution in [3.05, 3.63) is 150 Å². The predicted octanol–water partition coefficient (Wildman–Crippen LogP) is 7.74. The van der Waals surface area contributed by atoms with E-state index in [1.165, 1.54) is 27.8 Å². The van der Waals surface area contributed by atoms with Gasteiger partial charge in [0.05, 0.1) is 0 Å². The molecule has 0 spiro atoms. The second-order valence-electron chi connectivity index (χ2n) is 8.64. The van der Waals surface area contributed by atoms with Crippen molar-refractivity contribution in [3.63, 3.8) is 0 Å². The van der Waals surface area contributed by atoms with Crippen LogP contribution in [0.1, 0.15) is 5.56 Å². The van der Waals surface area contributed by atoms with E-state index in [4.69, 9.17) is 4.74 Å². The molecule has 0 radical (unpaired) electrons. The first-order valence-electron chi connectivity index (χ1n) is 11.6. The van der Waals surface area contributed by atoms with Crippen LogP contribution in [0, 0.1) is 0 Å². The molecule has 0 aromatic heterocycles. The first kappa shape index (κ1) is 20.3. The molecule has 6 rings (SSSR count). The maximum absolute atomic E-state index is 5.92. The van der Waals surface area contributed by atoms with Gasteiger partial charge in [0.25, 0.3) is 0 Å². The fraction of sp³-hybridized carbons (Fsp3) is 0.0625. The van der Waals surface area contributed by atoms with Gasteiger partial charge in [0.15, 0.2) is 0 Å². The van der Waals surface area contributed by atoms with E-state index < -0.39 is 5.54 Å². The Morgan fingerprint density at radius 2 is 1.18 bits per heavy atom. The van der Waals surface area contributed by atoms with Gasteiger partial charge in [-0.1, -0.05) is 103 Å². The summed E-state index contributed by atoms with van der Waals surface area (Å²) in [5.41, 5.74) is 7.75. The van der Waals surface area contributed by atoms with Crippen LogP contribution in [0.2, 0.25) is 0 Å². The molecule has 0 saturated carbocycles. The molecule has 0 bridgehead atoms. The van der Waals surface area contributed by atoms with Gasteiger partial charge in [-0.05, 0) is 58.2 Å². The maximum atomic E-state index is 5.92. The highest BCUT2D eigenvalue weighted by Crippen LogP contribution is 2.44. The Kier molecular flexibility index (Phi) is 5.12. The van der Waals surface area contributed by atoms with Gasteiger partial charge in [-0.15, -0.1) is 0 Å². The number of nitrogens with one attached hydrogen (secondary N) is 1. The first-order chi connectivity index (χ1) is 16.8. The molecule has 1 N–H and O–H groups in total. The zero-order valence-corrected chi connectivity index (χ0v) is 18.8. The molecular formula is C32H25NO. The topological polar surface area (TPSA) is 21.3 Å². The summed E-state index contributed by atoms with van der Waals surface area (Å²) >= 11 is 0. The number of anilines is 1. The van der Waals surface area contributed by atoms with Crippen molar-refractivity contribution >= 4 is 5.69 Å². The van der Waals surface area contributed by atoms with Crippen LogP contribution in [0.15, 0.2) is 145 Å². The van der Waals surface area contributed by atoms with Crippen LogP contribution in [0.25, 0.3) is 22.3 Å². The molecule has 2 heteroatoms. The van der Waals surface area contributed by atoms with E-state index in [-0.39, 0.29) is 0 Å². The molecule has 4 aromatic rings. The number of benzene rings is 4. The molecule has 1 atom stereocenters. The van der Waals surface area contributed by atoms with E-state index in [1.54, 1.807) is 0 Å². The summed E-state index contributed by atoms with van der Waals surface area (Å²) in [4.78, 5) is 0. The van der Waals surface area contributed by atoms with Gasteiger partial charge in [-0.2, -0.15) is 0 Å². The molecule has 2 aliphatic rings. The van der Waals surface area contributed by atoms with Gasteiger partial charge in [-0.3, -0.25) is 0 Å². The molecule has 1 aliphatic carbocycles. The molecule has 4 aromatic carbocycles. The molecular weight excluding hydrogens is 414 g/mol. The van der Waals surface area contributed by atoms with Gasteiger partial charge in [0.1, 0.15) is 17.9 Å². The molecule has 2 nitrogen and oxygen atoms in total. The molecule has 1 heterocycles. The Morgan fingerprint density at radius 3 is 1.79 bits per heavy atom. The number of rotatable bonds is 5. The Labute approximate surface area is 200 Å². The first-order valence-corrected chi connectivity index (χ1v) is 11.6. The van der Waals surface area contributed by atoms with E-state index in [0.717, 1.165) is 17.0 Å². The van der Waals surface area contributed by atoms with Crippen molar-refractivity contribution < 1.29 is 4.74 Å². The van der Waals surface area contributed by atoms with Gasteiger partial charge >= 0.3 is 0 Å². The fourth-order valence-corrected chi connectivity index (χ4v) is 4.85. The van der Waals surface area contributed by atoms with Gasteiger partial charge in [0.2, 0.25) is 0 Å². The minimum Gasteiger partial charge on any atom is -0.489 e. The average Bonchev–Trinajstić information content (AvgIpc) is 3.41. The third-order valence-electron chi connectivity index (χ3n) is 6.59. The van der Waals surface area contributed by atoms with Crippen molar-refractivity contribution in [1.82, 2.24) is 0 Å². The SMILES string of the molecule is C1=CC(Nc2ccc(-c3ccccc3)cc2)(c2ccc(-c3ccccc3)cc2)C2=CCOC2=C1. The molecule has 0 saturated heterocycles. The quantitative estimate of drug-likeness (QED) is 0.343. The van der Waals surface area contributed by atoms with Crippen LogP contribution >= 0.6 is 0 Å². The van der Waals surface area contributed by atoms with Crippen LogP contribution < -0.4 is 5.32 Å². The molecule has 1 aliphatic heterocycles. The highest BCUT2D eigenvalue weighted by atomic mass is 16.5. The van der Waals surface area contributed by atoms with Crippen molar-refractivity contribution in [3.8, 4) is 22.3 Å². The molecule has 0 fully saturated rings. The maximum Gasteiger partial charge on any atom is 0.125 e. The van der Waals surface area contributed by atoms with Crippen LogP contribution in [-0.2, 0) is 10.3 Å². The van der Waals surface area contributed by atoms with Crippen LogP contribution in [0.5, 0.6) is 0 Å².